The van der Waals surface area contributed by atoms with E-state index >= 15 is 0 Å². The van der Waals surface area contributed by atoms with E-state index in [1.807, 2.05) is 59.2 Å². The average molecular weight is 360 g/mol. The third kappa shape index (κ3) is 3.39. The Morgan fingerprint density at radius 3 is 2.48 bits per heavy atom. The van der Waals surface area contributed by atoms with Gasteiger partial charge < -0.3 is 5.11 Å². The first-order valence-electron chi connectivity index (χ1n) is 9.00. The van der Waals surface area contributed by atoms with E-state index in [1.165, 1.54) is 10.7 Å². The van der Waals surface area contributed by atoms with Crippen LogP contribution in [0.3, 0.4) is 0 Å². The van der Waals surface area contributed by atoms with Crippen LogP contribution in [0.5, 0.6) is 0 Å². The first-order valence-corrected chi connectivity index (χ1v) is 9.00. The van der Waals surface area contributed by atoms with Gasteiger partial charge in [0.05, 0.1) is 11.0 Å². The molecule has 0 aliphatic rings. The Kier molecular flexibility index (Phi) is 4.80. The summed E-state index contributed by atoms with van der Waals surface area (Å²) in [6.07, 6.45) is 1.34. The lowest BCUT2D eigenvalue weighted by Gasteiger charge is -2.11. The molecule has 0 spiro atoms. The molecule has 0 saturated carbocycles. The fourth-order valence-corrected chi connectivity index (χ4v) is 3.13. The molecule has 6 heteroatoms. The molecular formula is C21H20N4O2. The summed E-state index contributed by atoms with van der Waals surface area (Å²) in [5.41, 5.74) is 2.64. The minimum absolute atomic E-state index is 0.110. The van der Waals surface area contributed by atoms with Crippen molar-refractivity contribution in [2.75, 3.05) is 6.61 Å². The van der Waals surface area contributed by atoms with Crippen LogP contribution in [0.15, 0.2) is 71.5 Å². The van der Waals surface area contributed by atoms with Gasteiger partial charge in [-0.2, -0.15) is 5.10 Å². The number of aromatic nitrogens is 4. The largest absolute Gasteiger partial charge is 0.396 e. The summed E-state index contributed by atoms with van der Waals surface area (Å²) in [6, 6.07) is 21.1. The second kappa shape index (κ2) is 7.55. The van der Waals surface area contributed by atoms with Crippen LogP contribution in [0.25, 0.3) is 28.2 Å². The molecule has 0 bridgehead atoms. The molecule has 2 heterocycles. The molecule has 0 atom stereocenters. The average Bonchev–Trinajstić information content (AvgIpc) is 3.10. The lowest BCUT2D eigenvalue weighted by molar-refractivity contribution is 0.279. The van der Waals surface area contributed by atoms with Crippen LogP contribution < -0.4 is 5.56 Å². The van der Waals surface area contributed by atoms with Crippen LogP contribution in [-0.2, 0) is 6.54 Å². The van der Waals surface area contributed by atoms with Gasteiger partial charge in [-0.1, -0.05) is 42.5 Å². The number of para-hydroxylation sites is 2. The highest BCUT2D eigenvalue weighted by Gasteiger charge is 2.15. The molecule has 0 fully saturated rings. The highest BCUT2D eigenvalue weighted by Crippen LogP contribution is 2.27. The molecule has 4 rings (SSSR count). The van der Waals surface area contributed by atoms with Crippen LogP contribution in [0, 0.1) is 0 Å². The number of aliphatic hydroxyl groups is 1. The fraction of sp³-hybridized carbons (Fsp3) is 0.190. The van der Waals surface area contributed by atoms with Crippen molar-refractivity contribution in [3.05, 3.63) is 77.1 Å². The second-order valence-corrected chi connectivity index (χ2v) is 6.31. The number of hydrogen-bond acceptors (Lipinski definition) is 4. The minimum atomic E-state index is -0.151. The zero-order chi connectivity index (χ0) is 18.6. The molecule has 6 nitrogen and oxygen atoms in total. The predicted octanol–water partition coefficient (Wildman–Crippen LogP) is 3.02. The molecule has 2 aromatic carbocycles. The molecule has 1 N–H and O–H groups in total. The highest BCUT2D eigenvalue weighted by molar-refractivity contribution is 5.82. The molecule has 0 saturated heterocycles. The number of aliphatic hydroxyl groups excluding tert-OH is 1. The molecule has 0 aliphatic heterocycles. The number of benzene rings is 2. The van der Waals surface area contributed by atoms with Crippen molar-refractivity contribution in [1.82, 2.24) is 19.3 Å². The topological polar surface area (TPSA) is 72.9 Å². The highest BCUT2D eigenvalue weighted by atomic mass is 16.3. The number of hydrogen-bond donors (Lipinski definition) is 1. The molecule has 27 heavy (non-hydrogen) atoms. The molecule has 0 radical (unpaired) electrons. The smallest absolute Gasteiger partial charge is 0.266 e. The van der Waals surface area contributed by atoms with Crippen molar-refractivity contribution < 1.29 is 5.11 Å². The van der Waals surface area contributed by atoms with Crippen LogP contribution >= 0.6 is 0 Å². The summed E-state index contributed by atoms with van der Waals surface area (Å²) in [5, 5.41) is 13.5. The van der Waals surface area contributed by atoms with E-state index in [4.69, 9.17) is 10.1 Å². The van der Waals surface area contributed by atoms with Crippen LogP contribution in [0.2, 0.25) is 0 Å². The Hall–Kier alpha value is -3.25. The Bertz CT molecular complexity index is 1120. The number of rotatable bonds is 6. The summed E-state index contributed by atoms with van der Waals surface area (Å²) in [7, 11) is 0. The van der Waals surface area contributed by atoms with Gasteiger partial charge in [0.2, 0.25) is 0 Å². The van der Waals surface area contributed by atoms with E-state index in [9.17, 15) is 4.79 Å². The van der Waals surface area contributed by atoms with E-state index < -0.39 is 0 Å². The van der Waals surface area contributed by atoms with Gasteiger partial charge in [-0.15, -0.1) is 0 Å². The van der Waals surface area contributed by atoms with Gasteiger partial charge in [0, 0.05) is 24.8 Å². The Balaban J connectivity index is 1.88. The van der Waals surface area contributed by atoms with Crippen molar-refractivity contribution in [3.8, 4) is 17.2 Å². The van der Waals surface area contributed by atoms with Crippen molar-refractivity contribution in [2.24, 2.45) is 0 Å². The number of nitrogens with zero attached hydrogens (tertiary/aromatic N) is 4. The zero-order valence-electron chi connectivity index (χ0n) is 14.8. The molecular weight excluding hydrogens is 340 g/mol. The van der Waals surface area contributed by atoms with E-state index in [0.717, 1.165) is 22.4 Å². The minimum Gasteiger partial charge on any atom is -0.396 e. The van der Waals surface area contributed by atoms with Crippen molar-refractivity contribution >= 4 is 11.0 Å². The van der Waals surface area contributed by atoms with Crippen molar-refractivity contribution in [3.63, 3.8) is 0 Å². The fourth-order valence-electron chi connectivity index (χ4n) is 3.13. The van der Waals surface area contributed by atoms with Gasteiger partial charge in [-0.3, -0.25) is 9.36 Å². The van der Waals surface area contributed by atoms with Gasteiger partial charge in [0.1, 0.15) is 5.82 Å². The van der Waals surface area contributed by atoms with Gasteiger partial charge in [-0.05, 0) is 31.0 Å². The number of imidazole rings is 1. The first-order chi connectivity index (χ1) is 13.3. The van der Waals surface area contributed by atoms with Gasteiger partial charge >= 0.3 is 0 Å². The number of unbranched alkanes of at least 4 members (excludes halogenated alkanes) is 1. The quantitative estimate of drug-likeness (QED) is 0.537. The standard InChI is InChI=1S/C21H20N4O2/c26-15-7-6-14-24-20(27)13-12-19(23-24)25-18-11-5-4-10-17(18)22-21(25)16-8-2-1-3-9-16/h1-5,8-13,26H,6-7,14-15H2. The van der Waals surface area contributed by atoms with Gasteiger partial charge in [0.25, 0.3) is 5.56 Å². The van der Waals surface area contributed by atoms with E-state index in [1.54, 1.807) is 6.07 Å². The summed E-state index contributed by atoms with van der Waals surface area (Å²) in [4.78, 5) is 17.0. The molecule has 0 unspecified atom stereocenters. The van der Waals surface area contributed by atoms with Gasteiger partial charge in [-0.25, -0.2) is 9.67 Å². The van der Waals surface area contributed by atoms with Crippen LogP contribution in [-0.4, -0.2) is 31.0 Å². The first kappa shape index (κ1) is 17.2. The molecule has 0 amide bonds. The maximum atomic E-state index is 12.2. The Morgan fingerprint density at radius 2 is 1.67 bits per heavy atom. The van der Waals surface area contributed by atoms with Gasteiger partial charge in [0.15, 0.2) is 5.82 Å². The second-order valence-electron chi connectivity index (χ2n) is 6.31. The van der Waals surface area contributed by atoms with Crippen LogP contribution in [0.1, 0.15) is 12.8 Å². The summed E-state index contributed by atoms with van der Waals surface area (Å²) in [6.45, 7) is 0.583. The van der Waals surface area contributed by atoms with E-state index in [-0.39, 0.29) is 12.2 Å². The number of fused-ring (bicyclic) bond motifs is 1. The van der Waals surface area contributed by atoms with E-state index in [2.05, 4.69) is 5.10 Å². The predicted molar refractivity (Wildman–Crippen MR) is 105 cm³/mol. The monoisotopic (exact) mass is 360 g/mol. The molecule has 2 aromatic heterocycles. The third-order valence-corrected chi connectivity index (χ3v) is 4.45. The van der Waals surface area contributed by atoms with Crippen molar-refractivity contribution in [1.29, 1.82) is 0 Å². The summed E-state index contributed by atoms with van der Waals surface area (Å²) in [5.74, 6) is 1.43. The number of aryl methyl sites for hydroxylation is 1. The van der Waals surface area contributed by atoms with Crippen LogP contribution in [0.4, 0.5) is 0 Å². The van der Waals surface area contributed by atoms with Crippen molar-refractivity contribution in [2.45, 2.75) is 19.4 Å². The zero-order valence-corrected chi connectivity index (χ0v) is 14.8. The summed E-state index contributed by atoms with van der Waals surface area (Å²) >= 11 is 0. The molecule has 136 valence electrons. The lowest BCUT2D eigenvalue weighted by Crippen LogP contribution is -2.23. The maximum absolute atomic E-state index is 12.2. The SMILES string of the molecule is O=c1ccc(-n2c(-c3ccccc3)nc3ccccc32)nn1CCCCO. The maximum Gasteiger partial charge on any atom is 0.266 e. The lowest BCUT2D eigenvalue weighted by atomic mass is 10.2. The molecule has 4 aromatic rings. The Labute approximate surface area is 156 Å². The van der Waals surface area contributed by atoms with E-state index in [0.29, 0.717) is 25.2 Å². The third-order valence-electron chi connectivity index (χ3n) is 4.45. The normalized spacial score (nSPS) is 11.1. The Morgan fingerprint density at radius 1 is 0.889 bits per heavy atom. The summed E-state index contributed by atoms with van der Waals surface area (Å²) < 4.78 is 3.43. The molecule has 0 aliphatic carbocycles.